The van der Waals surface area contributed by atoms with E-state index in [1.165, 1.54) is 13.0 Å². The molecular weight excluding hydrogens is 182 g/mol. The summed E-state index contributed by atoms with van der Waals surface area (Å²) < 4.78 is 0. The summed E-state index contributed by atoms with van der Waals surface area (Å²) in [4.78, 5) is 2.71. The second-order valence-electron chi connectivity index (χ2n) is 6.78. The van der Waals surface area contributed by atoms with E-state index in [0.29, 0.717) is 11.5 Å². The van der Waals surface area contributed by atoms with E-state index in [1.54, 1.807) is 0 Å². The molecule has 1 heteroatoms. The van der Waals surface area contributed by atoms with Crippen molar-refractivity contribution in [1.82, 2.24) is 4.90 Å². The molecule has 0 aromatic carbocycles. The van der Waals surface area contributed by atoms with E-state index in [9.17, 15) is 0 Å². The van der Waals surface area contributed by atoms with Crippen molar-refractivity contribution in [2.75, 3.05) is 6.54 Å². The Kier molecular flexibility index (Phi) is 3.86. The van der Waals surface area contributed by atoms with Gasteiger partial charge in [-0.2, -0.15) is 0 Å². The number of hydrogen-bond acceptors (Lipinski definition) is 1. The van der Waals surface area contributed by atoms with E-state index in [1.807, 2.05) is 0 Å². The maximum atomic E-state index is 2.71. The summed E-state index contributed by atoms with van der Waals surface area (Å²) in [6.45, 7) is 17.9. The third-order valence-corrected chi connectivity index (χ3v) is 4.44. The van der Waals surface area contributed by atoms with Gasteiger partial charge in [0.05, 0.1) is 0 Å². The largest absolute Gasteiger partial charge is 0.297 e. The Morgan fingerprint density at radius 3 is 2.00 bits per heavy atom. The fourth-order valence-corrected chi connectivity index (χ4v) is 2.91. The predicted octanol–water partition coefficient (Wildman–Crippen LogP) is 3.79. The molecule has 1 aliphatic rings. The zero-order valence-electron chi connectivity index (χ0n) is 11.7. The third-order valence-electron chi connectivity index (χ3n) is 4.44. The quantitative estimate of drug-likeness (QED) is 0.672. The molecule has 0 aromatic rings. The summed E-state index contributed by atoms with van der Waals surface area (Å²) in [6, 6.07) is 1.49. The summed E-state index contributed by atoms with van der Waals surface area (Å²) in [5.41, 5.74) is 0.422. The van der Waals surface area contributed by atoms with Crippen molar-refractivity contribution in [2.24, 2.45) is 17.3 Å². The van der Waals surface area contributed by atoms with E-state index in [-0.39, 0.29) is 0 Å². The Morgan fingerprint density at radius 2 is 1.67 bits per heavy atom. The van der Waals surface area contributed by atoms with Gasteiger partial charge in [-0.05, 0) is 37.5 Å². The minimum atomic E-state index is 0.422. The summed E-state index contributed by atoms with van der Waals surface area (Å²) in [5.74, 6) is 1.64. The molecule has 0 saturated carbocycles. The summed E-state index contributed by atoms with van der Waals surface area (Å²) in [7, 11) is 0. The van der Waals surface area contributed by atoms with Crippen LogP contribution in [0.1, 0.15) is 54.9 Å². The van der Waals surface area contributed by atoms with E-state index >= 15 is 0 Å². The molecule has 1 heterocycles. The lowest BCUT2D eigenvalue weighted by Crippen LogP contribution is -2.43. The van der Waals surface area contributed by atoms with Gasteiger partial charge >= 0.3 is 0 Å². The second kappa shape index (κ2) is 4.45. The lowest BCUT2D eigenvalue weighted by atomic mass is 9.77. The van der Waals surface area contributed by atoms with E-state index in [4.69, 9.17) is 0 Å². The molecule has 0 aliphatic carbocycles. The Bertz CT molecular complexity index is 204. The van der Waals surface area contributed by atoms with Crippen LogP contribution in [0.2, 0.25) is 0 Å². The molecule has 90 valence electrons. The first-order valence-corrected chi connectivity index (χ1v) is 6.49. The zero-order chi connectivity index (χ0) is 11.8. The fraction of sp³-hybridized carbons (Fsp3) is 1.00. The summed E-state index contributed by atoms with van der Waals surface area (Å²) >= 11 is 0. The van der Waals surface area contributed by atoms with Crippen LogP contribution in [-0.2, 0) is 0 Å². The van der Waals surface area contributed by atoms with Crippen molar-refractivity contribution >= 4 is 0 Å². The van der Waals surface area contributed by atoms with Crippen molar-refractivity contribution < 1.29 is 0 Å². The molecule has 0 bridgehead atoms. The van der Waals surface area contributed by atoms with Gasteiger partial charge in [0.25, 0.3) is 0 Å². The number of nitrogens with zero attached hydrogens (tertiary/aromatic N) is 1. The first kappa shape index (κ1) is 13.0. The number of hydrogen-bond donors (Lipinski definition) is 0. The molecule has 4 unspecified atom stereocenters. The standard InChI is InChI=1S/C14H29N/c1-10-8-11(2)15(9-10)13(4)12(3)14(5,6)7/h10-13H,8-9H2,1-7H3. The van der Waals surface area contributed by atoms with Gasteiger partial charge < -0.3 is 0 Å². The molecule has 1 saturated heterocycles. The van der Waals surface area contributed by atoms with Gasteiger partial charge in [-0.1, -0.05) is 34.6 Å². The maximum absolute atomic E-state index is 2.71. The van der Waals surface area contributed by atoms with Crippen LogP contribution in [0.25, 0.3) is 0 Å². The van der Waals surface area contributed by atoms with Crippen LogP contribution in [-0.4, -0.2) is 23.5 Å². The van der Waals surface area contributed by atoms with Gasteiger partial charge in [0.1, 0.15) is 0 Å². The lowest BCUT2D eigenvalue weighted by molar-refractivity contribution is 0.0909. The monoisotopic (exact) mass is 211 g/mol. The zero-order valence-corrected chi connectivity index (χ0v) is 11.7. The second-order valence-corrected chi connectivity index (χ2v) is 6.78. The SMILES string of the molecule is CC1CC(C)N(C(C)C(C)C(C)(C)C)C1. The lowest BCUT2D eigenvalue weighted by Gasteiger charge is -2.39. The minimum Gasteiger partial charge on any atom is -0.297 e. The average Bonchev–Trinajstić information content (AvgIpc) is 2.41. The summed E-state index contributed by atoms with van der Waals surface area (Å²) in [5, 5.41) is 0. The van der Waals surface area contributed by atoms with E-state index in [0.717, 1.165) is 17.9 Å². The van der Waals surface area contributed by atoms with Crippen molar-refractivity contribution in [3.05, 3.63) is 0 Å². The van der Waals surface area contributed by atoms with Crippen molar-refractivity contribution in [1.29, 1.82) is 0 Å². The smallest absolute Gasteiger partial charge is 0.0100 e. The summed E-state index contributed by atoms with van der Waals surface area (Å²) in [6.07, 6.45) is 1.38. The highest BCUT2D eigenvalue weighted by Crippen LogP contribution is 2.34. The molecule has 4 atom stereocenters. The van der Waals surface area contributed by atoms with Crippen LogP contribution >= 0.6 is 0 Å². The van der Waals surface area contributed by atoms with Gasteiger partial charge in [-0.15, -0.1) is 0 Å². The van der Waals surface area contributed by atoms with Gasteiger partial charge in [-0.3, -0.25) is 4.90 Å². The number of likely N-dealkylation sites (tertiary alicyclic amines) is 1. The van der Waals surface area contributed by atoms with Crippen LogP contribution in [0.5, 0.6) is 0 Å². The first-order valence-electron chi connectivity index (χ1n) is 6.49. The molecule has 1 aliphatic heterocycles. The first-order chi connectivity index (χ1) is 6.73. The van der Waals surface area contributed by atoms with E-state index < -0.39 is 0 Å². The topological polar surface area (TPSA) is 3.24 Å². The third kappa shape index (κ3) is 2.96. The van der Waals surface area contributed by atoms with Crippen molar-refractivity contribution in [3.63, 3.8) is 0 Å². The Balaban J connectivity index is 2.64. The fourth-order valence-electron chi connectivity index (χ4n) is 2.91. The normalized spacial score (nSPS) is 33.0. The Hall–Kier alpha value is -0.0400. The van der Waals surface area contributed by atoms with Crippen LogP contribution in [0.3, 0.4) is 0 Å². The molecule has 1 nitrogen and oxygen atoms in total. The molecule has 0 N–H and O–H groups in total. The van der Waals surface area contributed by atoms with Crippen LogP contribution in [0, 0.1) is 17.3 Å². The van der Waals surface area contributed by atoms with Crippen LogP contribution in [0.15, 0.2) is 0 Å². The average molecular weight is 211 g/mol. The minimum absolute atomic E-state index is 0.422. The van der Waals surface area contributed by atoms with Crippen molar-refractivity contribution in [2.45, 2.75) is 67.0 Å². The molecule has 15 heavy (non-hydrogen) atoms. The maximum Gasteiger partial charge on any atom is 0.0100 e. The Labute approximate surface area is 96.2 Å². The molecular formula is C14H29N. The van der Waals surface area contributed by atoms with Crippen LogP contribution < -0.4 is 0 Å². The Morgan fingerprint density at radius 1 is 1.13 bits per heavy atom. The van der Waals surface area contributed by atoms with Crippen LogP contribution in [0.4, 0.5) is 0 Å². The van der Waals surface area contributed by atoms with Gasteiger partial charge in [-0.25, -0.2) is 0 Å². The van der Waals surface area contributed by atoms with E-state index in [2.05, 4.69) is 53.4 Å². The van der Waals surface area contributed by atoms with Gasteiger partial charge in [0.15, 0.2) is 0 Å². The predicted molar refractivity (Wildman–Crippen MR) is 68.0 cm³/mol. The highest BCUT2D eigenvalue weighted by molar-refractivity contribution is 4.88. The highest BCUT2D eigenvalue weighted by atomic mass is 15.2. The van der Waals surface area contributed by atoms with Gasteiger partial charge in [0.2, 0.25) is 0 Å². The number of rotatable bonds is 2. The van der Waals surface area contributed by atoms with Gasteiger partial charge in [0, 0.05) is 18.6 Å². The molecule has 0 spiro atoms. The molecule has 1 rings (SSSR count). The van der Waals surface area contributed by atoms with Crippen molar-refractivity contribution in [3.8, 4) is 0 Å². The molecule has 0 aromatic heterocycles. The molecule has 1 fully saturated rings. The molecule has 0 amide bonds. The highest BCUT2D eigenvalue weighted by Gasteiger charge is 2.35. The molecule has 0 radical (unpaired) electrons.